The topological polar surface area (TPSA) is 112 Å². The van der Waals surface area contributed by atoms with Crippen molar-refractivity contribution in [3.8, 4) is 11.3 Å². The smallest absolute Gasteiger partial charge is 0.409 e. The summed E-state index contributed by atoms with van der Waals surface area (Å²) < 4.78 is 14.7. The minimum Gasteiger partial charge on any atom is -0.465 e. The number of aromatic nitrogens is 1. The van der Waals surface area contributed by atoms with E-state index in [1.165, 1.54) is 12.1 Å². The van der Waals surface area contributed by atoms with Crippen molar-refractivity contribution in [1.82, 2.24) is 9.88 Å². The molecule has 1 aromatic heterocycles. The Labute approximate surface area is 235 Å². The normalized spacial score (nSPS) is 19.5. The number of nitrogens with one attached hydrogen (secondary N) is 2. The predicted octanol–water partition coefficient (Wildman–Crippen LogP) is 6.75. The van der Waals surface area contributed by atoms with Crippen molar-refractivity contribution < 1.29 is 23.9 Å². The molecule has 3 heterocycles. The predicted molar refractivity (Wildman–Crippen MR) is 151 cm³/mol. The van der Waals surface area contributed by atoms with Gasteiger partial charge in [0.1, 0.15) is 5.82 Å². The molecule has 2 bridgehead atoms. The fourth-order valence-electron chi connectivity index (χ4n) is 5.31. The Morgan fingerprint density at radius 1 is 1.15 bits per heavy atom. The number of nitrogens with zero attached hydrogens (tertiary/aromatic N) is 2. The van der Waals surface area contributed by atoms with Crippen molar-refractivity contribution in [2.24, 2.45) is 5.92 Å². The van der Waals surface area contributed by atoms with E-state index in [0.29, 0.717) is 66.0 Å². The lowest BCUT2D eigenvalue weighted by Gasteiger charge is -2.35. The Kier molecular flexibility index (Phi) is 7.84. The second-order valence-electron chi connectivity index (χ2n) is 10.1. The minimum absolute atomic E-state index is 0.0150. The molecule has 5 rings (SSSR count). The van der Waals surface area contributed by atoms with Gasteiger partial charge in [-0.2, -0.15) is 0 Å². The van der Waals surface area contributed by atoms with E-state index in [0.717, 1.165) is 5.56 Å². The average molecular weight is 563 g/mol. The third-order valence-corrected chi connectivity index (χ3v) is 7.70. The van der Waals surface area contributed by atoms with Gasteiger partial charge in [-0.25, -0.2) is 9.18 Å². The summed E-state index contributed by atoms with van der Waals surface area (Å²) in [5.74, 6) is -1.25. The van der Waals surface area contributed by atoms with Crippen LogP contribution in [-0.2, 0) is 9.59 Å². The van der Waals surface area contributed by atoms with Crippen LogP contribution in [0.1, 0.15) is 49.8 Å². The Morgan fingerprint density at radius 3 is 2.75 bits per heavy atom. The van der Waals surface area contributed by atoms with Crippen molar-refractivity contribution in [3.63, 3.8) is 0 Å². The molecular weight excluding hydrogens is 535 g/mol. The Balaban J connectivity index is 1.52. The van der Waals surface area contributed by atoms with Gasteiger partial charge in [-0.1, -0.05) is 37.1 Å². The van der Waals surface area contributed by atoms with E-state index in [1.807, 2.05) is 19.1 Å². The van der Waals surface area contributed by atoms with Crippen LogP contribution in [0, 0.1) is 11.7 Å². The van der Waals surface area contributed by atoms with Gasteiger partial charge in [0, 0.05) is 41.5 Å². The van der Waals surface area contributed by atoms with E-state index in [4.69, 9.17) is 16.7 Å². The van der Waals surface area contributed by atoms with Crippen molar-refractivity contribution in [1.29, 1.82) is 0 Å². The molecule has 2 atom stereocenters. The molecule has 206 valence electrons. The highest BCUT2D eigenvalue weighted by Crippen LogP contribution is 2.37. The standard InChI is InChI=1S/C30H28ClFN4O4/c1-17-4-2-7-26(36-13-11-18(15-27(36)37)21-5-3-6-23(31)28(21)32)19-10-12-33-24(14-19)22-9-8-20(34-30(39)40)16-25(22)35-29(17)38/h3,5-6,8-10,12,14-17,26,34H,2,4,7,11,13H2,1H3,(H,35,38)(H,39,40)/t17-,26+/m1/s1. The van der Waals surface area contributed by atoms with Gasteiger partial charge in [-0.05, 0) is 66.8 Å². The van der Waals surface area contributed by atoms with E-state index in [1.54, 1.807) is 41.4 Å². The first-order valence-corrected chi connectivity index (χ1v) is 13.5. The number of fused-ring (bicyclic) bond motifs is 4. The summed E-state index contributed by atoms with van der Waals surface area (Å²) in [5.41, 5.74) is 3.79. The third-order valence-electron chi connectivity index (χ3n) is 7.41. The monoisotopic (exact) mass is 562 g/mol. The number of pyridine rings is 1. The molecule has 10 heteroatoms. The lowest BCUT2D eigenvalue weighted by molar-refractivity contribution is -0.129. The second kappa shape index (κ2) is 11.5. The highest BCUT2D eigenvalue weighted by Gasteiger charge is 2.30. The maximum atomic E-state index is 14.7. The van der Waals surface area contributed by atoms with E-state index in [9.17, 15) is 18.8 Å². The first-order valence-electron chi connectivity index (χ1n) is 13.1. The van der Waals surface area contributed by atoms with Gasteiger partial charge in [-0.3, -0.25) is 19.9 Å². The van der Waals surface area contributed by atoms with Crippen LogP contribution in [0.25, 0.3) is 16.8 Å². The zero-order valence-electron chi connectivity index (χ0n) is 21.8. The molecule has 0 fully saturated rings. The van der Waals surface area contributed by atoms with Crippen LogP contribution in [0.15, 0.2) is 60.8 Å². The number of benzene rings is 2. The van der Waals surface area contributed by atoms with E-state index in [2.05, 4.69) is 15.6 Å². The highest BCUT2D eigenvalue weighted by atomic mass is 35.5. The summed E-state index contributed by atoms with van der Waals surface area (Å²) in [6.45, 7) is 2.24. The molecule has 3 amide bonds. The molecule has 8 nitrogen and oxygen atoms in total. The summed E-state index contributed by atoms with van der Waals surface area (Å²) in [4.78, 5) is 44.0. The van der Waals surface area contributed by atoms with Crippen molar-refractivity contribution in [3.05, 3.63) is 82.8 Å². The van der Waals surface area contributed by atoms with Gasteiger partial charge < -0.3 is 15.3 Å². The van der Waals surface area contributed by atoms with Crippen LogP contribution in [0.5, 0.6) is 0 Å². The van der Waals surface area contributed by atoms with Gasteiger partial charge in [0.2, 0.25) is 11.8 Å². The number of amides is 3. The van der Waals surface area contributed by atoms with Crippen LogP contribution in [0.3, 0.4) is 0 Å². The van der Waals surface area contributed by atoms with Gasteiger partial charge >= 0.3 is 6.09 Å². The maximum Gasteiger partial charge on any atom is 0.409 e. The molecule has 0 saturated carbocycles. The van der Waals surface area contributed by atoms with E-state index >= 15 is 0 Å². The number of hydrogen-bond donors (Lipinski definition) is 3. The largest absolute Gasteiger partial charge is 0.465 e. The number of anilines is 2. The number of hydrogen-bond acceptors (Lipinski definition) is 4. The molecule has 0 spiro atoms. The van der Waals surface area contributed by atoms with Crippen molar-refractivity contribution >= 4 is 46.5 Å². The lowest BCUT2D eigenvalue weighted by Crippen LogP contribution is -2.37. The molecular formula is C30H28ClFN4O4. The van der Waals surface area contributed by atoms with Crippen LogP contribution in [0.2, 0.25) is 5.02 Å². The van der Waals surface area contributed by atoms with Crippen LogP contribution < -0.4 is 10.6 Å². The molecule has 3 aromatic rings. The van der Waals surface area contributed by atoms with Crippen molar-refractivity contribution in [2.75, 3.05) is 17.2 Å². The third kappa shape index (κ3) is 5.70. The minimum atomic E-state index is -1.21. The molecule has 2 aliphatic heterocycles. The number of carbonyl (C=O) groups is 3. The zero-order valence-corrected chi connectivity index (χ0v) is 22.5. The summed E-state index contributed by atoms with van der Waals surface area (Å²) >= 11 is 5.97. The Hall–Kier alpha value is -4.24. The molecule has 3 N–H and O–H groups in total. The SMILES string of the molecule is C[C@@H]1CCC[C@H](N2CCC(c3cccc(Cl)c3F)=CC2=O)c2ccnc(c2)-c2ccc(NC(=O)O)cc2NC1=O. The van der Waals surface area contributed by atoms with Crippen LogP contribution in [0.4, 0.5) is 20.6 Å². The van der Waals surface area contributed by atoms with Gasteiger partial charge in [0.05, 0.1) is 22.4 Å². The summed E-state index contributed by atoms with van der Waals surface area (Å²) in [6.07, 6.45) is 4.33. The average Bonchev–Trinajstić information content (AvgIpc) is 2.92. The van der Waals surface area contributed by atoms with Crippen LogP contribution >= 0.6 is 11.6 Å². The fraction of sp³-hybridized carbons (Fsp3) is 0.267. The maximum absolute atomic E-state index is 14.7. The molecule has 0 saturated heterocycles. The first kappa shape index (κ1) is 27.3. The molecule has 0 aliphatic carbocycles. The molecule has 40 heavy (non-hydrogen) atoms. The number of carboxylic acid groups (broad SMARTS) is 1. The van der Waals surface area contributed by atoms with Gasteiger partial charge in [-0.15, -0.1) is 0 Å². The highest BCUT2D eigenvalue weighted by molar-refractivity contribution is 6.31. The summed E-state index contributed by atoms with van der Waals surface area (Å²) in [7, 11) is 0. The van der Waals surface area contributed by atoms with Crippen molar-refractivity contribution in [2.45, 2.75) is 38.6 Å². The summed E-state index contributed by atoms with van der Waals surface area (Å²) in [5, 5.41) is 14.4. The quantitative estimate of drug-likeness (QED) is 0.327. The number of rotatable bonds is 3. The molecule has 0 unspecified atom stereocenters. The molecule has 2 aliphatic rings. The van der Waals surface area contributed by atoms with E-state index in [-0.39, 0.29) is 28.8 Å². The Bertz CT molecular complexity index is 1530. The Morgan fingerprint density at radius 2 is 1.98 bits per heavy atom. The number of carbonyl (C=O) groups excluding carboxylic acids is 2. The van der Waals surface area contributed by atoms with Crippen LogP contribution in [-0.4, -0.2) is 39.4 Å². The van der Waals surface area contributed by atoms with Gasteiger partial charge in [0.25, 0.3) is 0 Å². The summed E-state index contributed by atoms with van der Waals surface area (Å²) in [6, 6.07) is 13.2. The number of halogens is 2. The first-order chi connectivity index (χ1) is 19.2. The second-order valence-corrected chi connectivity index (χ2v) is 10.5. The lowest BCUT2D eigenvalue weighted by atomic mass is 9.91. The fourth-order valence-corrected chi connectivity index (χ4v) is 5.48. The molecule has 2 aromatic carbocycles. The van der Waals surface area contributed by atoms with Gasteiger partial charge in [0.15, 0.2) is 0 Å². The van der Waals surface area contributed by atoms with E-state index < -0.39 is 11.9 Å². The molecule has 0 radical (unpaired) electrons. The zero-order chi connectivity index (χ0) is 28.4.